The van der Waals surface area contributed by atoms with E-state index in [1.165, 1.54) is 12.8 Å². The molecule has 20 heavy (non-hydrogen) atoms. The highest BCUT2D eigenvalue weighted by atomic mass is 16.3. The zero-order valence-electron chi connectivity index (χ0n) is 12.9. The standard InChI is InChI=1S/C18H30O2/c1-2-3-4-5-6-7-8-9-10-11-12-13-15-18(20)16-14-17-19/h5-10,19H,2-4,11-17H2,1H3. The first-order chi connectivity index (χ1) is 9.81. The molecule has 2 nitrogen and oxygen atoms in total. The molecule has 114 valence electrons. The third-order valence-corrected chi connectivity index (χ3v) is 3.02. The maximum absolute atomic E-state index is 11.3. The lowest BCUT2D eigenvalue weighted by atomic mass is 10.1. The van der Waals surface area contributed by atoms with Gasteiger partial charge in [0.1, 0.15) is 5.78 Å². The number of Topliss-reactive ketones (excluding diaryl/α,β-unsaturated/α-hetero) is 1. The molecule has 0 aromatic carbocycles. The lowest BCUT2D eigenvalue weighted by Gasteiger charge is -1.98. The van der Waals surface area contributed by atoms with E-state index in [4.69, 9.17) is 5.11 Å². The summed E-state index contributed by atoms with van der Waals surface area (Å²) in [6, 6.07) is 0. The van der Waals surface area contributed by atoms with Crippen LogP contribution in [0.25, 0.3) is 0 Å². The second kappa shape index (κ2) is 15.9. The number of aliphatic hydroxyl groups is 1. The molecule has 0 amide bonds. The monoisotopic (exact) mass is 278 g/mol. The van der Waals surface area contributed by atoms with Crippen molar-refractivity contribution < 1.29 is 9.90 Å². The second-order valence-corrected chi connectivity index (χ2v) is 5.00. The van der Waals surface area contributed by atoms with Gasteiger partial charge in [0.15, 0.2) is 0 Å². The third-order valence-electron chi connectivity index (χ3n) is 3.02. The van der Waals surface area contributed by atoms with Crippen molar-refractivity contribution in [3.63, 3.8) is 0 Å². The number of carbonyl (C=O) groups is 1. The van der Waals surface area contributed by atoms with E-state index in [1.807, 2.05) is 0 Å². The lowest BCUT2D eigenvalue weighted by molar-refractivity contribution is -0.119. The Balaban J connectivity index is 3.41. The Kier molecular flexibility index (Phi) is 15.0. The quantitative estimate of drug-likeness (QED) is 0.390. The van der Waals surface area contributed by atoms with Crippen molar-refractivity contribution in [3.8, 4) is 0 Å². The number of carbonyl (C=O) groups excluding carboxylic acids is 1. The van der Waals surface area contributed by atoms with Gasteiger partial charge in [0.2, 0.25) is 0 Å². The molecule has 0 aromatic rings. The molecule has 0 saturated carbocycles. The van der Waals surface area contributed by atoms with Crippen LogP contribution in [-0.4, -0.2) is 17.5 Å². The summed E-state index contributed by atoms with van der Waals surface area (Å²) in [5.74, 6) is 0.278. The summed E-state index contributed by atoms with van der Waals surface area (Å²) in [4.78, 5) is 11.3. The van der Waals surface area contributed by atoms with Gasteiger partial charge < -0.3 is 5.11 Å². The fourth-order valence-corrected chi connectivity index (χ4v) is 1.79. The van der Waals surface area contributed by atoms with Gasteiger partial charge in [-0.05, 0) is 32.1 Å². The summed E-state index contributed by atoms with van der Waals surface area (Å²) >= 11 is 0. The highest BCUT2D eigenvalue weighted by molar-refractivity contribution is 5.78. The van der Waals surface area contributed by atoms with E-state index in [9.17, 15) is 4.79 Å². The first-order valence-corrected chi connectivity index (χ1v) is 7.92. The fourth-order valence-electron chi connectivity index (χ4n) is 1.79. The van der Waals surface area contributed by atoms with Crippen LogP contribution in [0.5, 0.6) is 0 Å². The third kappa shape index (κ3) is 14.9. The molecule has 2 heteroatoms. The van der Waals surface area contributed by atoms with E-state index in [0.29, 0.717) is 19.3 Å². The first-order valence-electron chi connectivity index (χ1n) is 7.92. The van der Waals surface area contributed by atoms with Crippen molar-refractivity contribution >= 4 is 5.78 Å². The zero-order valence-corrected chi connectivity index (χ0v) is 12.9. The van der Waals surface area contributed by atoms with Crippen molar-refractivity contribution in [3.05, 3.63) is 36.5 Å². The normalized spacial score (nSPS) is 12.1. The molecule has 0 heterocycles. The van der Waals surface area contributed by atoms with E-state index in [0.717, 1.165) is 25.7 Å². The number of ketones is 1. The van der Waals surface area contributed by atoms with Crippen LogP contribution in [0.3, 0.4) is 0 Å². The van der Waals surface area contributed by atoms with E-state index < -0.39 is 0 Å². The smallest absolute Gasteiger partial charge is 0.132 e. The van der Waals surface area contributed by atoms with E-state index in [2.05, 4.69) is 43.4 Å². The van der Waals surface area contributed by atoms with Gasteiger partial charge in [0.25, 0.3) is 0 Å². The van der Waals surface area contributed by atoms with Gasteiger partial charge in [-0.1, -0.05) is 56.2 Å². The second-order valence-electron chi connectivity index (χ2n) is 5.00. The van der Waals surface area contributed by atoms with Crippen LogP contribution in [0.4, 0.5) is 0 Å². The predicted molar refractivity (Wildman–Crippen MR) is 86.7 cm³/mol. The number of allylic oxidation sites excluding steroid dienone is 6. The molecule has 0 rings (SSSR count). The highest BCUT2D eigenvalue weighted by Crippen LogP contribution is 2.04. The minimum atomic E-state index is 0.119. The Hall–Kier alpha value is -1.15. The lowest BCUT2D eigenvalue weighted by Crippen LogP contribution is -1.98. The molecular weight excluding hydrogens is 248 g/mol. The van der Waals surface area contributed by atoms with Crippen LogP contribution >= 0.6 is 0 Å². The molecule has 1 N–H and O–H groups in total. The number of hydrogen-bond acceptors (Lipinski definition) is 2. The van der Waals surface area contributed by atoms with Crippen LogP contribution in [-0.2, 0) is 4.79 Å². The Morgan fingerprint density at radius 2 is 1.45 bits per heavy atom. The molecule has 0 aliphatic rings. The van der Waals surface area contributed by atoms with Crippen molar-refractivity contribution in [1.29, 1.82) is 0 Å². The van der Waals surface area contributed by atoms with E-state index in [1.54, 1.807) is 0 Å². The number of rotatable bonds is 13. The first kappa shape index (κ1) is 18.9. The fraction of sp³-hybridized carbons (Fsp3) is 0.611. The van der Waals surface area contributed by atoms with E-state index >= 15 is 0 Å². The van der Waals surface area contributed by atoms with E-state index in [-0.39, 0.29) is 12.4 Å². The Morgan fingerprint density at radius 3 is 2.05 bits per heavy atom. The van der Waals surface area contributed by atoms with Crippen LogP contribution in [0.1, 0.15) is 64.7 Å². The molecule has 0 atom stereocenters. The van der Waals surface area contributed by atoms with Crippen molar-refractivity contribution in [1.82, 2.24) is 0 Å². The van der Waals surface area contributed by atoms with Gasteiger partial charge >= 0.3 is 0 Å². The molecule has 0 fully saturated rings. The Bertz CT molecular complexity index is 301. The molecule has 0 aliphatic heterocycles. The molecule has 0 aliphatic carbocycles. The topological polar surface area (TPSA) is 37.3 Å². The molecule has 0 saturated heterocycles. The summed E-state index contributed by atoms with van der Waals surface area (Å²) in [5, 5.41) is 8.62. The minimum Gasteiger partial charge on any atom is -0.396 e. The summed E-state index contributed by atoms with van der Waals surface area (Å²) in [6.45, 7) is 2.32. The van der Waals surface area contributed by atoms with Gasteiger partial charge in [0, 0.05) is 19.4 Å². The number of unbranched alkanes of at least 4 members (excludes halogenated alkanes) is 4. The van der Waals surface area contributed by atoms with Crippen molar-refractivity contribution in [2.24, 2.45) is 0 Å². The molecule has 0 aromatic heterocycles. The summed E-state index contributed by atoms with van der Waals surface area (Å²) in [7, 11) is 0. The van der Waals surface area contributed by atoms with Gasteiger partial charge in [-0.25, -0.2) is 0 Å². The average Bonchev–Trinajstić information content (AvgIpc) is 2.46. The Morgan fingerprint density at radius 1 is 0.850 bits per heavy atom. The minimum absolute atomic E-state index is 0.119. The Labute approximate surface area is 124 Å². The van der Waals surface area contributed by atoms with Crippen LogP contribution < -0.4 is 0 Å². The maximum atomic E-state index is 11.3. The SMILES string of the molecule is CCCCC=CC=CC=CCCCCC(=O)CCCO. The largest absolute Gasteiger partial charge is 0.396 e. The van der Waals surface area contributed by atoms with Gasteiger partial charge in [0.05, 0.1) is 0 Å². The molecule has 0 spiro atoms. The summed E-state index contributed by atoms with van der Waals surface area (Å²) in [6.07, 6.45) is 21.1. The van der Waals surface area contributed by atoms with Crippen molar-refractivity contribution in [2.75, 3.05) is 6.61 Å². The molecular formula is C18H30O2. The van der Waals surface area contributed by atoms with Gasteiger partial charge in [-0.3, -0.25) is 4.79 Å². The summed E-state index contributed by atoms with van der Waals surface area (Å²) < 4.78 is 0. The molecule has 0 unspecified atom stereocenters. The molecule has 0 bridgehead atoms. The maximum Gasteiger partial charge on any atom is 0.132 e. The van der Waals surface area contributed by atoms with Crippen LogP contribution in [0.15, 0.2) is 36.5 Å². The van der Waals surface area contributed by atoms with Crippen LogP contribution in [0.2, 0.25) is 0 Å². The molecule has 0 radical (unpaired) electrons. The number of aliphatic hydroxyl groups excluding tert-OH is 1. The zero-order chi connectivity index (χ0) is 14.9. The van der Waals surface area contributed by atoms with Crippen molar-refractivity contribution in [2.45, 2.75) is 64.7 Å². The summed E-state index contributed by atoms with van der Waals surface area (Å²) in [5.41, 5.74) is 0. The predicted octanol–water partition coefficient (Wildman–Crippen LogP) is 4.75. The van der Waals surface area contributed by atoms with Crippen LogP contribution in [0, 0.1) is 0 Å². The van der Waals surface area contributed by atoms with Gasteiger partial charge in [-0.2, -0.15) is 0 Å². The average molecular weight is 278 g/mol. The number of hydrogen-bond donors (Lipinski definition) is 1. The van der Waals surface area contributed by atoms with Gasteiger partial charge in [-0.15, -0.1) is 0 Å². The highest BCUT2D eigenvalue weighted by Gasteiger charge is 1.99.